The molecule has 1 aliphatic heterocycles. The van der Waals surface area contributed by atoms with E-state index in [4.69, 9.17) is 0 Å². The normalized spacial score (nSPS) is 16.7. The van der Waals surface area contributed by atoms with Gasteiger partial charge in [-0.2, -0.15) is 13.0 Å². The van der Waals surface area contributed by atoms with Crippen LogP contribution in [0.5, 0.6) is 0 Å². The lowest BCUT2D eigenvalue weighted by Crippen LogP contribution is -2.36. The molecule has 0 saturated heterocycles. The van der Waals surface area contributed by atoms with Crippen LogP contribution in [0.15, 0.2) is 78.5 Å². The van der Waals surface area contributed by atoms with Gasteiger partial charge in [0, 0.05) is 36.3 Å². The second-order valence-electron chi connectivity index (χ2n) is 9.48. The van der Waals surface area contributed by atoms with E-state index in [1.807, 2.05) is 12.1 Å². The first-order valence-electron chi connectivity index (χ1n) is 11.7. The molecule has 1 aliphatic rings. The molecule has 0 atom stereocenters. The molecule has 1 aromatic heterocycles. The number of rotatable bonds is 6. The molecule has 0 spiro atoms. The maximum atomic E-state index is 11.3. The number of aryl methyl sites for hydroxylation is 1. The predicted molar refractivity (Wildman–Crippen MR) is 146 cm³/mol. The Kier molecular flexibility index (Phi) is 6.03. The van der Waals surface area contributed by atoms with Gasteiger partial charge in [-0.25, -0.2) is 0 Å². The number of allylic oxidation sites excluding steroid dienone is 3. The zero-order valence-corrected chi connectivity index (χ0v) is 21.7. The summed E-state index contributed by atoms with van der Waals surface area (Å²) in [4.78, 5) is 2.25. The van der Waals surface area contributed by atoms with Gasteiger partial charge in [0.15, 0.2) is 6.54 Å². The predicted octanol–water partition coefficient (Wildman–Crippen LogP) is 5.94. The van der Waals surface area contributed by atoms with E-state index in [9.17, 15) is 13.0 Å². The molecule has 5 nitrogen and oxygen atoms in total. The van der Waals surface area contributed by atoms with E-state index in [1.54, 1.807) is 11.3 Å². The highest BCUT2D eigenvalue weighted by molar-refractivity contribution is 7.85. The second-order valence-corrected chi connectivity index (χ2v) is 12.1. The Balaban J connectivity index is 1.56. The van der Waals surface area contributed by atoms with Gasteiger partial charge in [-0.05, 0) is 35.2 Å². The molecule has 3 aromatic carbocycles. The van der Waals surface area contributed by atoms with E-state index in [0.717, 1.165) is 26.0 Å². The molecule has 0 unspecified atom stereocenters. The Morgan fingerprint density at radius 3 is 2.57 bits per heavy atom. The summed E-state index contributed by atoms with van der Waals surface area (Å²) in [5.74, 6) is -0.257. The lowest BCUT2D eigenvalue weighted by atomic mass is 9.84. The van der Waals surface area contributed by atoms with Crippen molar-refractivity contribution in [2.45, 2.75) is 32.2 Å². The summed E-state index contributed by atoms with van der Waals surface area (Å²) in [6.45, 7) is 4.99. The third kappa shape index (κ3) is 4.40. The fourth-order valence-corrected chi connectivity index (χ4v) is 6.76. The molecule has 0 saturated carbocycles. The highest BCUT2D eigenvalue weighted by Gasteiger charge is 2.37. The van der Waals surface area contributed by atoms with Crippen molar-refractivity contribution in [1.29, 1.82) is 0 Å². The van der Waals surface area contributed by atoms with Crippen LogP contribution < -0.4 is 9.47 Å². The topological polar surface area (TPSA) is 61.5 Å². The summed E-state index contributed by atoms with van der Waals surface area (Å²) in [5.41, 5.74) is 4.76. The molecule has 4 aromatic rings. The molecular formula is C28H29N2O3S2+. The number of thiazole rings is 1. The van der Waals surface area contributed by atoms with Crippen LogP contribution in [0.1, 0.15) is 30.8 Å². The largest absolute Gasteiger partial charge is 0.347 e. The SMILES string of the molecule is CN1C(=CC=Cc2sc3ccc4ccccc4c3[n+]2CCCS(=O)(=O)O)C(C)(C)c2ccccc21. The maximum Gasteiger partial charge on any atom is 0.265 e. The Hall–Kier alpha value is -3.00. The first-order valence-corrected chi connectivity index (χ1v) is 14.1. The van der Waals surface area contributed by atoms with Crippen molar-refractivity contribution in [1.82, 2.24) is 0 Å². The summed E-state index contributed by atoms with van der Waals surface area (Å²) in [7, 11) is -1.90. The van der Waals surface area contributed by atoms with E-state index < -0.39 is 10.1 Å². The van der Waals surface area contributed by atoms with Crippen LogP contribution in [0.25, 0.3) is 27.1 Å². The number of benzene rings is 3. The van der Waals surface area contributed by atoms with Crippen LogP contribution >= 0.6 is 11.3 Å². The number of para-hydroxylation sites is 1. The van der Waals surface area contributed by atoms with Crippen molar-refractivity contribution in [3.8, 4) is 0 Å². The zero-order valence-electron chi connectivity index (χ0n) is 20.1. The van der Waals surface area contributed by atoms with E-state index in [2.05, 4.69) is 97.1 Å². The van der Waals surface area contributed by atoms with Crippen molar-refractivity contribution >= 4 is 54.2 Å². The Morgan fingerprint density at radius 2 is 1.80 bits per heavy atom. The van der Waals surface area contributed by atoms with Gasteiger partial charge in [-0.3, -0.25) is 4.55 Å². The van der Waals surface area contributed by atoms with Crippen molar-refractivity contribution < 1.29 is 17.5 Å². The van der Waals surface area contributed by atoms with Gasteiger partial charge < -0.3 is 4.90 Å². The molecule has 0 fully saturated rings. The molecule has 1 N–H and O–H groups in total. The monoisotopic (exact) mass is 505 g/mol. The molecule has 2 heterocycles. The maximum absolute atomic E-state index is 11.3. The first kappa shape index (κ1) is 23.7. The molecular weight excluding hydrogens is 476 g/mol. The fourth-order valence-electron chi connectivity index (χ4n) is 5.15. The highest BCUT2D eigenvalue weighted by atomic mass is 32.2. The van der Waals surface area contributed by atoms with Gasteiger partial charge in [0.2, 0.25) is 5.52 Å². The van der Waals surface area contributed by atoms with Crippen molar-refractivity contribution in [2.75, 3.05) is 17.7 Å². The van der Waals surface area contributed by atoms with Crippen molar-refractivity contribution in [3.63, 3.8) is 0 Å². The van der Waals surface area contributed by atoms with Crippen molar-refractivity contribution in [3.05, 3.63) is 89.1 Å². The summed E-state index contributed by atoms with van der Waals surface area (Å²) >= 11 is 1.69. The Bertz CT molecular complexity index is 1600. The molecule has 0 aliphatic carbocycles. The number of fused-ring (bicyclic) bond motifs is 4. The quantitative estimate of drug-likeness (QED) is 0.260. The van der Waals surface area contributed by atoms with Gasteiger partial charge in [0.05, 0.1) is 11.1 Å². The van der Waals surface area contributed by atoms with E-state index in [-0.39, 0.29) is 11.2 Å². The number of anilines is 1. The third-order valence-electron chi connectivity index (χ3n) is 6.83. The van der Waals surface area contributed by atoms with Crippen molar-refractivity contribution in [2.24, 2.45) is 0 Å². The zero-order chi connectivity index (χ0) is 24.8. The number of aromatic nitrogens is 1. The van der Waals surface area contributed by atoms with Gasteiger partial charge in [-0.1, -0.05) is 73.7 Å². The molecule has 35 heavy (non-hydrogen) atoms. The minimum atomic E-state index is -4.00. The average Bonchev–Trinajstić information content (AvgIpc) is 3.26. The lowest BCUT2D eigenvalue weighted by molar-refractivity contribution is -0.667. The molecule has 5 rings (SSSR count). The summed E-state index contributed by atoms with van der Waals surface area (Å²) in [6, 6.07) is 21.0. The smallest absolute Gasteiger partial charge is 0.265 e. The van der Waals surface area contributed by atoms with E-state index in [1.165, 1.54) is 16.9 Å². The molecule has 0 amide bonds. The van der Waals surface area contributed by atoms with E-state index in [0.29, 0.717) is 13.0 Å². The number of nitrogens with zero attached hydrogens (tertiary/aromatic N) is 2. The summed E-state index contributed by atoms with van der Waals surface area (Å²) in [6.07, 6.45) is 6.70. The Morgan fingerprint density at radius 1 is 1.06 bits per heavy atom. The van der Waals surface area contributed by atoms with Crippen LogP contribution in [0.3, 0.4) is 0 Å². The standard InChI is InChI=1S/C28H28N2O3S2/c1-28(2)22-12-6-7-13-23(22)29(3)25(28)14-8-15-26-30(18-9-19-35(31,32)33)27-21-11-5-4-10-20(21)16-17-24(27)34-26/h4-8,10-17H,9,18-19H2,1-3H3/p+1. The van der Waals surface area contributed by atoms with Crippen LogP contribution in [0.2, 0.25) is 0 Å². The number of likely N-dealkylation sites (N-methyl/N-ethyl adjacent to an activating group) is 1. The Labute approximate surface area is 210 Å². The van der Waals surface area contributed by atoms with Gasteiger partial charge in [0.1, 0.15) is 4.70 Å². The number of hydrogen-bond acceptors (Lipinski definition) is 4. The lowest BCUT2D eigenvalue weighted by Gasteiger charge is -2.23. The van der Waals surface area contributed by atoms with Crippen LogP contribution in [0.4, 0.5) is 5.69 Å². The average molecular weight is 506 g/mol. The number of hydrogen-bond donors (Lipinski definition) is 1. The van der Waals surface area contributed by atoms with Crippen LogP contribution in [-0.4, -0.2) is 25.8 Å². The molecule has 7 heteroatoms. The molecule has 180 valence electrons. The molecule has 0 radical (unpaired) electrons. The minimum Gasteiger partial charge on any atom is -0.347 e. The van der Waals surface area contributed by atoms with Crippen LogP contribution in [-0.2, 0) is 22.1 Å². The minimum absolute atomic E-state index is 0.0997. The van der Waals surface area contributed by atoms with Gasteiger partial charge in [-0.15, -0.1) is 0 Å². The summed E-state index contributed by atoms with van der Waals surface area (Å²) < 4.78 is 35.3. The van der Waals surface area contributed by atoms with Gasteiger partial charge in [0.25, 0.3) is 15.1 Å². The summed E-state index contributed by atoms with van der Waals surface area (Å²) in [5, 5.41) is 3.32. The fraction of sp³-hybridized carbons (Fsp3) is 0.250. The third-order valence-corrected chi connectivity index (χ3v) is 8.75. The second kappa shape index (κ2) is 8.90. The van der Waals surface area contributed by atoms with Gasteiger partial charge >= 0.3 is 0 Å². The highest BCUT2D eigenvalue weighted by Crippen LogP contribution is 2.46. The first-order chi connectivity index (χ1) is 16.7. The molecule has 0 bridgehead atoms. The van der Waals surface area contributed by atoms with Crippen LogP contribution in [0, 0.1) is 0 Å². The van der Waals surface area contributed by atoms with E-state index >= 15 is 0 Å².